The Hall–Kier alpha value is -2.93. The maximum atomic E-state index is 13.9. The molecule has 7 heteroatoms. The number of likely N-dealkylation sites (tertiary alicyclic amines) is 1. The molecule has 2 amide bonds. The highest BCUT2D eigenvalue weighted by Gasteiger charge is 2.26. The van der Waals surface area contributed by atoms with Crippen LogP contribution >= 0.6 is 0 Å². The number of nitrogens with one attached hydrogen (secondary N) is 2. The number of hydrogen-bond acceptors (Lipinski definition) is 4. The molecule has 184 valence electrons. The van der Waals surface area contributed by atoms with Crippen LogP contribution in [0.1, 0.15) is 44.7 Å². The molecule has 1 saturated heterocycles. The van der Waals surface area contributed by atoms with Crippen LogP contribution in [0.15, 0.2) is 54.6 Å². The maximum Gasteiger partial charge on any atom is 0.408 e. The molecular formula is C27H36FN3O3. The van der Waals surface area contributed by atoms with Crippen molar-refractivity contribution in [1.29, 1.82) is 0 Å². The molecule has 0 saturated carbocycles. The lowest BCUT2D eigenvalue weighted by Gasteiger charge is -2.32. The molecule has 1 aliphatic heterocycles. The molecule has 0 aromatic heterocycles. The Kier molecular flexibility index (Phi) is 9.05. The van der Waals surface area contributed by atoms with Gasteiger partial charge in [-0.1, -0.05) is 48.5 Å². The second-order valence-corrected chi connectivity index (χ2v) is 9.94. The molecule has 1 atom stereocenters. The third-order valence-corrected chi connectivity index (χ3v) is 5.91. The van der Waals surface area contributed by atoms with Crippen molar-refractivity contribution in [2.75, 3.05) is 19.6 Å². The molecule has 0 aliphatic carbocycles. The fraction of sp³-hybridized carbons (Fsp3) is 0.481. The lowest BCUT2D eigenvalue weighted by atomic mass is 9.96. The number of rotatable bonds is 8. The summed E-state index contributed by atoms with van der Waals surface area (Å²) in [6, 6.07) is 15.8. The zero-order valence-electron chi connectivity index (χ0n) is 20.4. The van der Waals surface area contributed by atoms with Gasteiger partial charge in [0.2, 0.25) is 5.91 Å². The Labute approximate surface area is 201 Å². The van der Waals surface area contributed by atoms with Gasteiger partial charge in [-0.15, -0.1) is 0 Å². The number of ether oxygens (including phenoxy) is 1. The van der Waals surface area contributed by atoms with Gasteiger partial charge in [-0.3, -0.25) is 9.69 Å². The predicted octanol–water partition coefficient (Wildman–Crippen LogP) is 4.29. The molecule has 0 spiro atoms. The van der Waals surface area contributed by atoms with Crippen molar-refractivity contribution >= 4 is 12.0 Å². The summed E-state index contributed by atoms with van der Waals surface area (Å²) >= 11 is 0. The normalized spacial score (nSPS) is 16.0. The standard InChI is InChI=1S/C27H36FN3O3/c1-27(2,3)34-26(33)30-24(17-20-9-5-4-6-10-20)25(32)29-18-21-13-15-31(16-14-21)19-22-11-7-8-12-23(22)28/h4-12,21,24H,13-19H2,1-3H3,(H,29,32)(H,30,33)/t24-/m0/s1. The third-order valence-electron chi connectivity index (χ3n) is 5.91. The quantitative estimate of drug-likeness (QED) is 0.605. The number of benzene rings is 2. The Balaban J connectivity index is 1.50. The number of hydrogen-bond donors (Lipinski definition) is 2. The number of carbonyl (C=O) groups is 2. The Morgan fingerprint density at radius 1 is 1.06 bits per heavy atom. The number of nitrogens with zero attached hydrogens (tertiary/aromatic N) is 1. The Morgan fingerprint density at radius 3 is 2.35 bits per heavy atom. The first kappa shape index (κ1) is 25.7. The van der Waals surface area contributed by atoms with Crippen molar-refractivity contribution in [2.24, 2.45) is 5.92 Å². The average Bonchev–Trinajstić information content (AvgIpc) is 2.79. The van der Waals surface area contributed by atoms with Crippen molar-refractivity contribution < 1.29 is 18.7 Å². The predicted molar refractivity (Wildman–Crippen MR) is 131 cm³/mol. The van der Waals surface area contributed by atoms with E-state index >= 15 is 0 Å². The van der Waals surface area contributed by atoms with E-state index in [9.17, 15) is 14.0 Å². The molecule has 34 heavy (non-hydrogen) atoms. The molecule has 1 fully saturated rings. The molecule has 0 unspecified atom stereocenters. The van der Waals surface area contributed by atoms with E-state index in [0.717, 1.165) is 31.5 Å². The molecule has 0 bridgehead atoms. The Bertz CT molecular complexity index is 938. The first-order chi connectivity index (χ1) is 16.2. The number of carbonyl (C=O) groups excluding carboxylic acids is 2. The van der Waals surface area contributed by atoms with Crippen LogP contribution in [0.4, 0.5) is 9.18 Å². The molecule has 6 nitrogen and oxygen atoms in total. The number of piperidine rings is 1. The number of alkyl carbamates (subject to hydrolysis) is 1. The van der Waals surface area contributed by atoms with Gasteiger partial charge in [0.05, 0.1) is 0 Å². The summed E-state index contributed by atoms with van der Waals surface area (Å²) in [5.41, 5.74) is 1.03. The second kappa shape index (κ2) is 12.0. The van der Waals surface area contributed by atoms with Crippen LogP contribution in [0.5, 0.6) is 0 Å². The topological polar surface area (TPSA) is 70.7 Å². The molecule has 1 heterocycles. The summed E-state index contributed by atoms with van der Waals surface area (Å²) < 4.78 is 19.3. The summed E-state index contributed by atoms with van der Waals surface area (Å²) in [4.78, 5) is 27.6. The van der Waals surface area contributed by atoms with Gasteiger partial charge in [-0.25, -0.2) is 9.18 Å². The SMILES string of the molecule is CC(C)(C)OC(=O)N[C@@H](Cc1ccccc1)C(=O)NCC1CCN(Cc2ccccc2F)CC1. The monoisotopic (exact) mass is 469 g/mol. The van der Waals surface area contributed by atoms with Crippen LogP contribution in [0.25, 0.3) is 0 Å². The van der Waals surface area contributed by atoms with E-state index in [4.69, 9.17) is 4.74 Å². The third kappa shape index (κ3) is 8.45. The molecular weight excluding hydrogens is 433 g/mol. The number of amides is 2. The van der Waals surface area contributed by atoms with Crippen LogP contribution in [-0.2, 0) is 22.5 Å². The van der Waals surface area contributed by atoms with E-state index in [1.165, 1.54) is 6.07 Å². The van der Waals surface area contributed by atoms with Gasteiger partial charge >= 0.3 is 6.09 Å². The van der Waals surface area contributed by atoms with Crippen LogP contribution in [0, 0.1) is 11.7 Å². The van der Waals surface area contributed by atoms with Crippen LogP contribution in [0.2, 0.25) is 0 Å². The molecule has 2 aromatic rings. The zero-order chi connectivity index (χ0) is 24.6. The molecule has 0 radical (unpaired) electrons. The van der Waals surface area contributed by atoms with Crippen LogP contribution in [-0.4, -0.2) is 48.2 Å². The summed E-state index contributed by atoms with van der Waals surface area (Å²) in [5.74, 6) is -0.0398. The summed E-state index contributed by atoms with van der Waals surface area (Å²) in [6.45, 7) is 8.24. The van der Waals surface area contributed by atoms with Crippen LogP contribution in [0.3, 0.4) is 0 Å². The highest BCUT2D eigenvalue weighted by Crippen LogP contribution is 2.19. The molecule has 2 N–H and O–H groups in total. The van der Waals surface area contributed by atoms with Crippen molar-refractivity contribution in [2.45, 2.75) is 58.2 Å². The maximum absolute atomic E-state index is 13.9. The van der Waals surface area contributed by atoms with Gasteiger partial charge < -0.3 is 15.4 Å². The Morgan fingerprint density at radius 2 is 1.71 bits per heavy atom. The van der Waals surface area contributed by atoms with Gasteiger partial charge in [0.1, 0.15) is 17.5 Å². The highest BCUT2D eigenvalue weighted by atomic mass is 19.1. The lowest BCUT2D eigenvalue weighted by molar-refractivity contribution is -0.123. The van der Waals surface area contributed by atoms with Crippen molar-refractivity contribution in [3.05, 3.63) is 71.5 Å². The van der Waals surface area contributed by atoms with Crippen molar-refractivity contribution in [1.82, 2.24) is 15.5 Å². The highest BCUT2D eigenvalue weighted by molar-refractivity contribution is 5.86. The van der Waals surface area contributed by atoms with Gasteiger partial charge in [-0.2, -0.15) is 0 Å². The fourth-order valence-electron chi connectivity index (χ4n) is 4.09. The molecule has 3 rings (SSSR count). The lowest BCUT2D eigenvalue weighted by Crippen LogP contribution is -2.50. The van der Waals surface area contributed by atoms with Gasteiger partial charge in [-0.05, 0) is 64.3 Å². The second-order valence-electron chi connectivity index (χ2n) is 9.94. The minimum absolute atomic E-state index is 0.168. The molecule has 1 aliphatic rings. The van der Waals surface area contributed by atoms with E-state index in [0.29, 0.717) is 31.0 Å². The van der Waals surface area contributed by atoms with E-state index in [1.807, 2.05) is 42.5 Å². The van der Waals surface area contributed by atoms with Gasteiger partial charge in [0.15, 0.2) is 0 Å². The van der Waals surface area contributed by atoms with Crippen LogP contribution < -0.4 is 10.6 Å². The van der Waals surface area contributed by atoms with E-state index in [-0.39, 0.29) is 11.7 Å². The van der Waals surface area contributed by atoms with Crippen molar-refractivity contribution in [3.8, 4) is 0 Å². The van der Waals surface area contributed by atoms with E-state index in [2.05, 4.69) is 15.5 Å². The smallest absolute Gasteiger partial charge is 0.408 e. The first-order valence-corrected chi connectivity index (χ1v) is 12.0. The zero-order valence-corrected chi connectivity index (χ0v) is 20.4. The first-order valence-electron chi connectivity index (χ1n) is 12.0. The van der Waals surface area contributed by atoms with Gasteiger partial charge in [0.25, 0.3) is 0 Å². The summed E-state index contributed by atoms with van der Waals surface area (Å²) in [6.07, 6.45) is 1.63. The van der Waals surface area contributed by atoms with E-state index < -0.39 is 17.7 Å². The average molecular weight is 470 g/mol. The van der Waals surface area contributed by atoms with E-state index in [1.54, 1.807) is 26.8 Å². The van der Waals surface area contributed by atoms with Crippen molar-refractivity contribution in [3.63, 3.8) is 0 Å². The largest absolute Gasteiger partial charge is 0.444 e. The summed E-state index contributed by atoms with van der Waals surface area (Å²) in [7, 11) is 0. The fourth-order valence-corrected chi connectivity index (χ4v) is 4.09. The van der Waals surface area contributed by atoms with Gasteiger partial charge in [0, 0.05) is 25.1 Å². The minimum Gasteiger partial charge on any atom is -0.444 e. The number of halogens is 1. The molecule has 2 aromatic carbocycles. The minimum atomic E-state index is -0.724. The summed E-state index contributed by atoms with van der Waals surface area (Å²) in [5, 5.41) is 5.76.